The van der Waals surface area contributed by atoms with Gasteiger partial charge in [0.05, 0.1) is 79.3 Å². The van der Waals surface area contributed by atoms with Crippen LogP contribution in [0.1, 0.15) is 38.5 Å². The average Bonchev–Trinajstić information content (AvgIpc) is 3.53. The summed E-state index contributed by atoms with van der Waals surface area (Å²) in [4.78, 5) is 108. The highest BCUT2D eigenvalue weighted by Crippen LogP contribution is 2.03. The van der Waals surface area contributed by atoms with Gasteiger partial charge >= 0.3 is 0 Å². The van der Waals surface area contributed by atoms with Gasteiger partial charge in [0.2, 0.25) is 57.7 Å². The molecule has 0 saturated carbocycles. The Morgan fingerprint density at radius 1 is 0.179 bits per heavy atom. The fourth-order valence-corrected chi connectivity index (χ4v) is 5.46. The van der Waals surface area contributed by atoms with E-state index in [0.717, 1.165) is 70.7 Å². The second-order valence-electron chi connectivity index (χ2n) is 16.1. The first-order chi connectivity index (χ1) is 40.9. The topological polar surface area (TPSA) is 241 Å². The number of nitrogens with zero attached hydrogens (tertiary/aromatic N) is 10. The number of carbonyl (C=O) groups excluding carboxylic acids is 9. The van der Waals surface area contributed by atoms with Crippen molar-refractivity contribution in [2.45, 2.75) is 38.5 Å². The fraction of sp³-hybridized carbons (Fsp3) is 0.475. The Kier molecular flexibility index (Phi) is 71.7. The van der Waals surface area contributed by atoms with Gasteiger partial charge in [-0.2, -0.15) is 0 Å². The molecular formula is C59H98N10O15. The van der Waals surface area contributed by atoms with Gasteiger partial charge in [-0.15, -0.1) is 0 Å². The Morgan fingerprint density at radius 3 is 0.476 bits per heavy atom. The Balaban J connectivity index is -0.000000312. The van der Waals surface area contributed by atoms with Gasteiger partial charge in [-0.3, -0.25) is 43.2 Å². The van der Waals surface area contributed by atoms with E-state index in [1.54, 1.807) is 12.4 Å². The lowest BCUT2D eigenvalue weighted by Crippen LogP contribution is -2.24. The second-order valence-corrected chi connectivity index (χ2v) is 16.1. The van der Waals surface area contributed by atoms with E-state index in [0.29, 0.717) is 170 Å². The van der Waals surface area contributed by atoms with Gasteiger partial charge in [0.25, 0.3) is 0 Å². The molecule has 0 aromatic carbocycles. The maximum atomic E-state index is 10.5. The smallest absolute Gasteiger partial charge is 0.213 e. The van der Waals surface area contributed by atoms with Crippen LogP contribution in [0.2, 0.25) is 0 Å². The van der Waals surface area contributed by atoms with E-state index in [-0.39, 0.29) is 0 Å². The quantitative estimate of drug-likeness (QED) is 0.0606. The van der Waals surface area contributed by atoms with E-state index in [1.165, 1.54) is 99.9 Å². The van der Waals surface area contributed by atoms with Crippen molar-refractivity contribution in [2.24, 2.45) is 0 Å². The minimum Gasteiger partial charge on any atom is -0.378 e. The number of hydrogen-bond donors (Lipinski definition) is 0. The predicted molar refractivity (Wildman–Crippen MR) is 326 cm³/mol. The van der Waals surface area contributed by atoms with Crippen LogP contribution in [0.5, 0.6) is 0 Å². The lowest BCUT2D eigenvalue weighted by atomic mass is 10.2. The van der Waals surface area contributed by atoms with Crippen molar-refractivity contribution in [1.29, 1.82) is 0 Å². The molecule has 0 aliphatic heterocycles. The van der Waals surface area contributed by atoms with E-state index >= 15 is 0 Å². The van der Waals surface area contributed by atoms with E-state index in [4.69, 9.17) is 28.4 Å². The molecule has 9 amide bonds. The van der Waals surface area contributed by atoms with Crippen molar-refractivity contribution in [1.82, 2.24) is 49.0 Å². The number of amides is 9. The number of carbonyl (C=O) groups is 9. The molecule has 0 N–H and O–H groups in total. The summed E-state index contributed by atoms with van der Waals surface area (Å²) >= 11 is 0. The van der Waals surface area contributed by atoms with Gasteiger partial charge in [0.1, 0.15) is 0 Å². The summed E-state index contributed by atoms with van der Waals surface area (Å²) < 4.78 is 31.8. The first kappa shape index (κ1) is 84.7. The Hall–Kier alpha value is -8.07. The molecule has 25 heteroatoms. The van der Waals surface area contributed by atoms with Crippen molar-refractivity contribution in [3.63, 3.8) is 0 Å². The number of hydrogen-bond acceptors (Lipinski definition) is 16. The van der Waals surface area contributed by atoms with Crippen LogP contribution in [0.3, 0.4) is 0 Å². The van der Waals surface area contributed by atoms with Gasteiger partial charge in [0.15, 0.2) is 0 Å². The van der Waals surface area contributed by atoms with E-state index in [1.807, 2.05) is 4.90 Å². The largest absolute Gasteiger partial charge is 0.378 e. The van der Waals surface area contributed by atoms with Crippen LogP contribution in [0.25, 0.3) is 0 Å². The molecule has 0 spiro atoms. The minimum atomic E-state index is 0.411. The van der Waals surface area contributed by atoms with Crippen LogP contribution < -0.4 is 0 Å². The maximum absolute atomic E-state index is 10.5. The SMILES string of the molecule is C=CN(C=C)CCOCCOCCOCCN(C=C)C=O.C=CN(C=O)CCCCCCN(C=C)C=O.C=CN(C=O)CCCCN(C=C)C=O.C=CN(C=O)CCOCCN(C=C)C=O.C=CN(C=O)CCOCCOCCN(C=C)C=O. The summed E-state index contributed by atoms with van der Waals surface area (Å²) in [6.45, 7) is 50.2. The zero-order valence-corrected chi connectivity index (χ0v) is 49.7. The zero-order chi connectivity index (χ0) is 64.0. The summed E-state index contributed by atoms with van der Waals surface area (Å²) in [5.74, 6) is 0. The summed E-state index contributed by atoms with van der Waals surface area (Å²) in [7, 11) is 0. The Labute approximate surface area is 500 Å². The summed E-state index contributed by atoms with van der Waals surface area (Å²) in [5, 5.41) is 0. The zero-order valence-electron chi connectivity index (χ0n) is 49.7. The third kappa shape index (κ3) is 60.0. The molecule has 0 fully saturated rings. The van der Waals surface area contributed by atoms with E-state index < -0.39 is 0 Å². The molecule has 0 aliphatic rings. The van der Waals surface area contributed by atoms with Crippen LogP contribution in [-0.2, 0) is 71.6 Å². The molecule has 0 aliphatic carbocycles. The molecule has 84 heavy (non-hydrogen) atoms. The number of unbranched alkanes of at least 4 members (excludes halogenated alkanes) is 4. The highest BCUT2D eigenvalue weighted by molar-refractivity contribution is 5.51. The normalized spacial score (nSPS) is 9.38. The van der Waals surface area contributed by atoms with E-state index in [2.05, 4.69) is 72.4 Å². The fourth-order valence-electron chi connectivity index (χ4n) is 5.46. The Morgan fingerprint density at radius 2 is 0.310 bits per heavy atom. The first-order valence-corrected chi connectivity index (χ1v) is 26.9. The van der Waals surface area contributed by atoms with Gasteiger partial charge < -0.3 is 77.4 Å². The third-order valence-electron chi connectivity index (χ3n) is 10.5. The predicted octanol–water partition coefficient (Wildman–Crippen LogP) is 4.38. The summed E-state index contributed by atoms with van der Waals surface area (Å²) in [6, 6.07) is 0. The van der Waals surface area contributed by atoms with Crippen LogP contribution in [0.15, 0.2) is 141 Å². The van der Waals surface area contributed by atoms with Crippen LogP contribution in [-0.4, -0.2) is 251 Å². The van der Waals surface area contributed by atoms with Gasteiger partial charge in [-0.1, -0.05) is 85.2 Å². The summed E-state index contributed by atoms with van der Waals surface area (Å²) in [6.07, 6.45) is 28.8. The highest BCUT2D eigenvalue weighted by Gasteiger charge is 2.03. The highest BCUT2D eigenvalue weighted by atomic mass is 16.5. The number of rotatable bonds is 59. The van der Waals surface area contributed by atoms with Crippen LogP contribution in [0.4, 0.5) is 0 Å². The molecule has 0 radical (unpaired) electrons. The van der Waals surface area contributed by atoms with Gasteiger partial charge in [0, 0.05) is 65.4 Å². The third-order valence-corrected chi connectivity index (χ3v) is 10.5. The molecule has 0 atom stereocenters. The van der Waals surface area contributed by atoms with Crippen molar-refractivity contribution < 1.29 is 71.6 Å². The monoisotopic (exact) mass is 1190 g/mol. The molecule has 0 aromatic heterocycles. The van der Waals surface area contributed by atoms with Gasteiger partial charge in [-0.25, -0.2) is 0 Å². The molecule has 0 aromatic rings. The lowest BCUT2D eigenvalue weighted by Gasteiger charge is -2.14. The minimum absolute atomic E-state index is 0.411. The van der Waals surface area contributed by atoms with E-state index in [9.17, 15) is 43.2 Å². The van der Waals surface area contributed by atoms with Crippen molar-refractivity contribution in [3.05, 3.63) is 141 Å². The molecule has 0 heterocycles. The van der Waals surface area contributed by atoms with Crippen LogP contribution >= 0.6 is 0 Å². The lowest BCUT2D eigenvalue weighted by molar-refractivity contribution is -0.117. The summed E-state index contributed by atoms with van der Waals surface area (Å²) in [5.41, 5.74) is 0. The molecule has 0 unspecified atom stereocenters. The van der Waals surface area contributed by atoms with Crippen LogP contribution in [0, 0.1) is 0 Å². The second kappa shape index (κ2) is 71.0. The number of ether oxygens (including phenoxy) is 6. The Bertz CT molecular complexity index is 1580. The molecule has 0 saturated heterocycles. The van der Waals surface area contributed by atoms with Crippen molar-refractivity contribution in [2.75, 3.05) is 145 Å². The molecular weight excluding hydrogens is 1090 g/mol. The average molecular weight is 1190 g/mol. The standard InChI is InChI=1S/C15H26N2O4.C12H20N2O4.C12H20N2O2.C10H16N2O3.C10H16N2O2/c1-4-16(5-2)7-9-19-11-13-21-14-12-20-10-8-17(6-3)15-18;1-3-13(11-15)5-7-17-9-10-18-8-6-14(4-2)12-16;1-3-13(11-15)9-7-5-6-8-10-14(4-2)12-16;1-3-11(9-13)5-7-15-8-6-12(4-2)10-14;1-3-11(9-13)7-5-6-8-12(4-2)10-14/h4-6,15H,1-3,7-14H2;3-4,11-12H,1-2,5-10H2;3-4,11-12H,1-2,5-10H2;3-4,9-10H,1-2,5-8H2;3-4,9-10H,1-2,5-8H2. The first-order valence-electron chi connectivity index (χ1n) is 26.9. The molecule has 0 bridgehead atoms. The maximum Gasteiger partial charge on any atom is 0.213 e. The van der Waals surface area contributed by atoms with Gasteiger partial charge in [-0.05, 0) is 93.9 Å². The molecule has 0 rings (SSSR count). The van der Waals surface area contributed by atoms with Crippen molar-refractivity contribution >= 4 is 57.7 Å². The molecule has 474 valence electrons. The van der Waals surface area contributed by atoms with Crippen molar-refractivity contribution in [3.8, 4) is 0 Å². The molecule has 25 nitrogen and oxygen atoms in total.